The lowest BCUT2D eigenvalue weighted by Crippen LogP contribution is -2.49. The van der Waals surface area contributed by atoms with Crippen LogP contribution in [0.5, 0.6) is 0 Å². The fraction of sp³-hybridized carbons (Fsp3) is 0.500. The predicted molar refractivity (Wildman–Crippen MR) is 89.4 cm³/mol. The van der Waals surface area contributed by atoms with Gasteiger partial charge >= 0.3 is 0 Å². The first-order valence-corrected chi connectivity index (χ1v) is 8.02. The van der Waals surface area contributed by atoms with Gasteiger partial charge in [0, 0.05) is 5.02 Å². The highest BCUT2D eigenvalue weighted by Crippen LogP contribution is 2.34. The highest BCUT2D eigenvalue weighted by atomic mass is 35.5. The Morgan fingerprint density at radius 3 is 2.64 bits per heavy atom. The molecule has 1 aromatic rings. The molecule has 0 radical (unpaired) electrons. The van der Waals surface area contributed by atoms with E-state index in [1.165, 1.54) is 0 Å². The van der Waals surface area contributed by atoms with Gasteiger partial charge in [-0.05, 0) is 50.8 Å². The van der Waals surface area contributed by atoms with E-state index >= 15 is 0 Å². The van der Waals surface area contributed by atoms with Crippen LogP contribution in [0.4, 0.5) is 0 Å². The Labute approximate surface area is 137 Å². The molecule has 1 aliphatic rings. The number of amides is 1. The maximum Gasteiger partial charge on any atom is 0.256 e. The highest BCUT2D eigenvalue weighted by molar-refractivity contribution is 6.30. The molecule has 3 nitrogen and oxygen atoms in total. The van der Waals surface area contributed by atoms with E-state index in [2.05, 4.69) is 13.8 Å². The van der Waals surface area contributed by atoms with Crippen molar-refractivity contribution in [2.24, 2.45) is 5.92 Å². The van der Waals surface area contributed by atoms with E-state index in [9.17, 15) is 4.79 Å². The average Bonchev–Trinajstić information content (AvgIpc) is 2.43. The number of hydrogen-bond donors (Lipinski definition) is 0. The van der Waals surface area contributed by atoms with Crippen molar-refractivity contribution in [3.8, 4) is 0 Å². The topological polar surface area (TPSA) is 29.5 Å². The van der Waals surface area contributed by atoms with Gasteiger partial charge in [-0.2, -0.15) is 0 Å². The smallest absolute Gasteiger partial charge is 0.256 e. The first kappa shape index (κ1) is 16.9. The average molecular weight is 322 g/mol. The lowest BCUT2D eigenvalue weighted by Gasteiger charge is -2.42. The molecule has 1 heterocycles. The van der Waals surface area contributed by atoms with E-state index in [1.54, 1.807) is 4.90 Å². The van der Waals surface area contributed by atoms with Crippen molar-refractivity contribution in [2.75, 3.05) is 6.73 Å². The van der Waals surface area contributed by atoms with Crippen LogP contribution in [0.2, 0.25) is 5.02 Å². The summed E-state index contributed by atoms with van der Waals surface area (Å²) in [4.78, 5) is 14.7. The molecular weight excluding hydrogens is 298 g/mol. The summed E-state index contributed by atoms with van der Waals surface area (Å²) >= 11 is 6.10. The van der Waals surface area contributed by atoms with Crippen LogP contribution in [0.15, 0.2) is 35.6 Å². The Morgan fingerprint density at radius 1 is 1.36 bits per heavy atom. The van der Waals surface area contributed by atoms with Crippen molar-refractivity contribution in [3.63, 3.8) is 0 Å². The third-order valence-corrected chi connectivity index (χ3v) is 4.39. The minimum atomic E-state index is -0.481. The summed E-state index contributed by atoms with van der Waals surface area (Å²) in [6, 6.07) is 7.64. The van der Waals surface area contributed by atoms with Gasteiger partial charge in [0.05, 0.1) is 11.1 Å². The molecule has 1 amide bonds. The Morgan fingerprint density at radius 2 is 2.05 bits per heavy atom. The summed E-state index contributed by atoms with van der Waals surface area (Å²) in [5.74, 6) is 1.21. The fourth-order valence-corrected chi connectivity index (χ4v) is 2.89. The second-order valence-electron chi connectivity index (χ2n) is 6.71. The summed E-state index contributed by atoms with van der Waals surface area (Å²) < 4.78 is 5.76. The summed E-state index contributed by atoms with van der Waals surface area (Å²) in [6.07, 6.45) is 0.729. The number of carbonyl (C=O) groups excluding carboxylic acids is 1. The molecule has 22 heavy (non-hydrogen) atoms. The monoisotopic (exact) mass is 321 g/mol. The number of halogens is 1. The highest BCUT2D eigenvalue weighted by Gasteiger charge is 2.38. The molecule has 1 aliphatic heterocycles. The van der Waals surface area contributed by atoms with Crippen molar-refractivity contribution >= 4 is 17.5 Å². The van der Waals surface area contributed by atoms with E-state index in [0.29, 0.717) is 10.9 Å². The van der Waals surface area contributed by atoms with Crippen LogP contribution >= 0.6 is 11.6 Å². The van der Waals surface area contributed by atoms with E-state index in [-0.39, 0.29) is 12.6 Å². The molecule has 120 valence electrons. The van der Waals surface area contributed by atoms with Gasteiger partial charge in [0.15, 0.2) is 6.73 Å². The molecule has 0 spiro atoms. The molecule has 0 aromatic heterocycles. The molecule has 0 fully saturated rings. The molecule has 1 aromatic carbocycles. The van der Waals surface area contributed by atoms with Crippen molar-refractivity contribution in [3.05, 3.63) is 46.2 Å². The maximum atomic E-state index is 12.9. The molecule has 0 atom stereocenters. The fourth-order valence-electron chi connectivity index (χ4n) is 2.70. The number of carbonyl (C=O) groups is 1. The van der Waals surface area contributed by atoms with Crippen molar-refractivity contribution in [1.82, 2.24) is 4.90 Å². The molecule has 0 aliphatic carbocycles. The number of allylic oxidation sites excluding steroid dienone is 1. The van der Waals surface area contributed by atoms with Gasteiger partial charge in [0.2, 0.25) is 0 Å². The first-order valence-electron chi connectivity index (χ1n) is 7.64. The Balaban J connectivity index is 2.35. The maximum absolute atomic E-state index is 12.9. The molecule has 0 N–H and O–H groups in total. The Kier molecular flexibility index (Phi) is 4.86. The summed E-state index contributed by atoms with van der Waals surface area (Å²) in [5, 5.41) is 0.671. The third kappa shape index (κ3) is 3.30. The standard InChI is InChI=1S/C18H24ClNO2/c1-12(2)9-16-13(3)22-11-20(17(16)21)18(4,5)14-7-6-8-15(19)10-14/h6-8,10,12H,9,11H2,1-5H3. The minimum Gasteiger partial charge on any atom is -0.477 e. The van der Waals surface area contributed by atoms with Gasteiger partial charge in [-0.15, -0.1) is 0 Å². The van der Waals surface area contributed by atoms with Crippen molar-refractivity contribution in [1.29, 1.82) is 0 Å². The van der Waals surface area contributed by atoms with Gasteiger partial charge in [0.1, 0.15) is 5.76 Å². The molecule has 4 heteroatoms. The predicted octanol–water partition coefficient (Wildman–Crippen LogP) is 4.71. The normalized spacial score (nSPS) is 16.3. The molecule has 2 rings (SSSR count). The Hall–Kier alpha value is -1.48. The summed E-state index contributed by atoms with van der Waals surface area (Å²) in [6.45, 7) is 10.4. The second kappa shape index (κ2) is 6.33. The lowest BCUT2D eigenvalue weighted by atomic mass is 9.90. The van der Waals surface area contributed by atoms with Gasteiger partial charge in [0.25, 0.3) is 5.91 Å². The van der Waals surface area contributed by atoms with Crippen LogP contribution < -0.4 is 0 Å². The van der Waals surface area contributed by atoms with Crippen LogP contribution in [-0.2, 0) is 15.1 Å². The minimum absolute atomic E-state index is 0.0578. The SMILES string of the molecule is CC1=C(CC(C)C)C(=O)N(C(C)(C)c2cccc(Cl)c2)CO1. The summed E-state index contributed by atoms with van der Waals surface area (Å²) in [7, 11) is 0. The number of hydrogen-bond acceptors (Lipinski definition) is 2. The van der Waals surface area contributed by atoms with E-state index < -0.39 is 5.54 Å². The lowest BCUT2D eigenvalue weighted by molar-refractivity contribution is -0.143. The van der Waals surface area contributed by atoms with Crippen LogP contribution in [-0.4, -0.2) is 17.5 Å². The number of rotatable bonds is 4. The van der Waals surface area contributed by atoms with E-state index in [0.717, 1.165) is 23.3 Å². The number of benzene rings is 1. The van der Waals surface area contributed by atoms with Crippen LogP contribution in [0.3, 0.4) is 0 Å². The number of nitrogens with zero attached hydrogens (tertiary/aromatic N) is 1. The third-order valence-electron chi connectivity index (χ3n) is 4.16. The Bertz CT molecular complexity index is 605. The molecule has 0 saturated carbocycles. The van der Waals surface area contributed by atoms with Gasteiger partial charge in [-0.1, -0.05) is 37.6 Å². The van der Waals surface area contributed by atoms with Crippen molar-refractivity contribution in [2.45, 2.75) is 46.6 Å². The zero-order valence-corrected chi connectivity index (χ0v) is 14.7. The van der Waals surface area contributed by atoms with Gasteiger partial charge < -0.3 is 4.74 Å². The van der Waals surface area contributed by atoms with Gasteiger partial charge in [-0.3, -0.25) is 9.69 Å². The summed E-state index contributed by atoms with van der Waals surface area (Å²) in [5.41, 5.74) is 1.29. The van der Waals surface area contributed by atoms with Crippen LogP contribution in [0.25, 0.3) is 0 Å². The molecular formula is C18H24ClNO2. The quantitative estimate of drug-likeness (QED) is 0.803. The van der Waals surface area contributed by atoms with Crippen molar-refractivity contribution < 1.29 is 9.53 Å². The first-order chi connectivity index (χ1) is 10.2. The van der Waals surface area contributed by atoms with E-state index in [4.69, 9.17) is 16.3 Å². The van der Waals surface area contributed by atoms with Gasteiger partial charge in [-0.25, -0.2) is 0 Å². The van der Waals surface area contributed by atoms with Crippen LogP contribution in [0.1, 0.15) is 46.6 Å². The molecule has 0 unspecified atom stereocenters. The van der Waals surface area contributed by atoms with E-state index in [1.807, 2.05) is 45.0 Å². The zero-order chi connectivity index (χ0) is 16.5. The molecule has 0 saturated heterocycles. The zero-order valence-electron chi connectivity index (χ0n) is 13.9. The number of ether oxygens (including phenoxy) is 1. The largest absolute Gasteiger partial charge is 0.477 e. The van der Waals surface area contributed by atoms with Crippen LogP contribution in [0, 0.1) is 5.92 Å². The molecule has 0 bridgehead atoms. The second-order valence-corrected chi connectivity index (χ2v) is 7.15.